The lowest BCUT2D eigenvalue weighted by Crippen LogP contribution is -2.47. The van der Waals surface area contributed by atoms with Gasteiger partial charge in [0.15, 0.2) is 0 Å². The average molecular weight is 409 g/mol. The Morgan fingerprint density at radius 1 is 1.11 bits per heavy atom. The fourth-order valence-corrected chi connectivity index (χ4v) is 3.61. The highest BCUT2D eigenvalue weighted by molar-refractivity contribution is 5.85. The molecule has 0 saturated carbocycles. The number of nitrogens with zero attached hydrogens (tertiary/aromatic N) is 2. The molecule has 5 nitrogen and oxygen atoms in total. The third-order valence-corrected chi connectivity index (χ3v) is 5.10. The van der Waals surface area contributed by atoms with E-state index in [1.807, 2.05) is 18.3 Å². The van der Waals surface area contributed by atoms with Crippen LogP contribution >= 0.6 is 24.8 Å². The first kappa shape index (κ1) is 21.5. The van der Waals surface area contributed by atoms with Crippen LogP contribution in [0.4, 0.5) is 5.82 Å². The zero-order valence-electron chi connectivity index (χ0n) is 15.2. The van der Waals surface area contributed by atoms with Gasteiger partial charge in [-0.3, -0.25) is 4.79 Å². The summed E-state index contributed by atoms with van der Waals surface area (Å²) in [6.45, 7) is 3.46. The van der Waals surface area contributed by atoms with Crippen LogP contribution in [-0.4, -0.2) is 30.0 Å². The van der Waals surface area contributed by atoms with Crippen LogP contribution in [0.5, 0.6) is 0 Å². The molecule has 1 unspecified atom stereocenters. The predicted molar refractivity (Wildman–Crippen MR) is 113 cm³/mol. The van der Waals surface area contributed by atoms with Crippen molar-refractivity contribution in [1.82, 2.24) is 15.6 Å². The summed E-state index contributed by atoms with van der Waals surface area (Å²) >= 11 is 0. The fourth-order valence-electron chi connectivity index (χ4n) is 3.61. The Kier molecular flexibility index (Phi) is 7.90. The van der Waals surface area contributed by atoms with Crippen LogP contribution in [0.15, 0.2) is 42.6 Å². The lowest BCUT2D eigenvalue weighted by Gasteiger charge is -2.25. The van der Waals surface area contributed by atoms with Crippen molar-refractivity contribution in [3.8, 4) is 0 Å². The lowest BCUT2D eigenvalue weighted by molar-refractivity contribution is -0.123. The van der Waals surface area contributed by atoms with Gasteiger partial charge in [0.1, 0.15) is 5.82 Å². The third-order valence-electron chi connectivity index (χ3n) is 5.10. The number of fused-ring (bicyclic) bond motifs is 1. The van der Waals surface area contributed by atoms with Crippen molar-refractivity contribution < 1.29 is 4.79 Å². The van der Waals surface area contributed by atoms with Gasteiger partial charge in [0.05, 0.1) is 6.04 Å². The van der Waals surface area contributed by atoms with Gasteiger partial charge in [-0.05, 0) is 42.0 Å². The number of nitrogens with one attached hydrogen (secondary N) is 2. The molecule has 1 amide bonds. The van der Waals surface area contributed by atoms with Crippen LogP contribution in [0.3, 0.4) is 0 Å². The Morgan fingerprint density at radius 2 is 1.85 bits per heavy atom. The molecule has 1 saturated heterocycles. The highest BCUT2D eigenvalue weighted by Gasteiger charge is 2.23. The molecule has 1 aromatic heterocycles. The van der Waals surface area contributed by atoms with Crippen LogP contribution in [-0.2, 0) is 24.3 Å². The third kappa shape index (κ3) is 5.12. The minimum absolute atomic E-state index is 0. The van der Waals surface area contributed by atoms with Crippen molar-refractivity contribution in [3.63, 3.8) is 0 Å². The Labute approximate surface area is 172 Å². The monoisotopic (exact) mass is 408 g/mol. The van der Waals surface area contributed by atoms with E-state index in [0.29, 0.717) is 6.54 Å². The van der Waals surface area contributed by atoms with Crippen molar-refractivity contribution in [1.29, 1.82) is 0 Å². The van der Waals surface area contributed by atoms with Crippen LogP contribution < -0.4 is 15.5 Å². The van der Waals surface area contributed by atoms with Crippen LogP contribution in [0.2, 0.25) is 0 Å². The van der Waals surface area contributed by atoms with Gasteiger partial charge in [-0.25, -0.2) is 4.98 Å². The number of hydrogen-bond donors (Lipinski definition) is 2. The molecule has 1 fully saturated rings. The van der Waals surface area contributed by atoms with E-state index in [0.717, 1.165) is 37.4 Å². The quantitative estimate of drug-likeness (QED) is 0.816. The summed E-state index contributed by atoms with van der Waals surface area (Å²) in [4.78, 5) is 19.3. The number of carbonyl (C=O) groups excluding carboxylic acids is 1. The Morgan fingerprint density at radius 3 is 2.56 bits per heavy atom. The van der Waals surface area contributed by atoms with E-state index >= 15 is 0 Å². The Bertz CT molecular complexity index is 748. The van der Waals surface area contributed by atoms with Gasteiger partial charge < -0.3 is 15.5 Å². The van der Waals surface area contributed by atoms with Crippen LogP contribution in [0.1, 0.15) is 29.5 Å². The molecular weight excluding hydrogens is 383 g/mol. The minimum Gasteiger partial charge on any atom is -0.357 e. The van der Waals surface area contributed by atoms with Gasteiger partial charge in [0.25, 0.3) is 0 Å². The molecule has 2 aliphatic heterocycles. The van der Waals surface area contributed by atoms with E-state index in [-0.39, 0.29) is 36.8 Å². The van der Waals surface area contributed by atoms with Crippen molar-refractivity contribution in [2.45, 2.75) is 38.4 Å². The molecule has 1 aromatic carbocycles. The largest absolute Gasteiger partial charge is 0.357 e. The SMILES string of the molecule is Cl.Cl.O=C(NCc1ccc(N2CCCC2)nc1)C1Cc2ccccc2CN1. The number of amides is 1. The molecule has 0 radical (unpaired) electrons. The first-order valence-electron chi connectivity index (χ1n) is 9.07. The van der Waals surface area contributed by atoms with E-state index in [1.54, 1.807) is 0 Å². The molecule has 3 heterocycles. The number of hydrogen-bond acceptors (Lipinski definition) is 4. The Balaban J connectivity index is 0.00000131. The van der Waals surface area contributed by atoms with Crippen molar-refractivity contribution in [2.24, 2.45) is 0 Å². The molecule has 7 heteroatoms. The standard InChI is InChI=1S/C20H24N4O.2ClH/c25-20(18-11-16-5-1-2-6-17(16)14-21-18)23-13-15-7-8-19(22-12-15)24-9-3-4-10-24;;/h1-2,5-8,12,18,21H,3-4,9-11,13-14H2,(H,23,25);2*1H. The lowest BCUT2D eigenvalue weighted by atomic mass is 9.95. The van der Waals surface area contributed by atoms with Gasteiger partial charge in [0.2, 0.25) is 5.91 Å². The zero-order chi connectivity index (χ0) is 17.1. The molecule has 2 aliphatic rings. The molecular formula is C20H26Cl2N4O. The molecule has 2 N–H and O–H groups in total. The number of anilines is 1. The van der Waals surface area contributed by atoms with E-state index in [1.165, 1.54) is 24.0 Å². The summed E-state index contributed by atoms with van der Waals surface area (Å²) in [6, 6.07) is 12.3. The number of pyridine rings is 1. The minimum atomic E-state index is -0.160. The highest BCUT2D eigenvalue weighted by atomic mass is 35.5. The smallest absolute Gasteiger partial charge is 0.237 e. The number of carbonyl (C=O) groups is 1. The first-order valence-corrected chi connectivity index (χ1v) is 9.07. The Hall–Kier alpha value is -1.82. The van der Waals surface area contributed by atoms with Gasteiger partial charge in [0, 0.05) is 32.4 Å². The summed E-state index contributed by atoms with van der Waals surface area (Å²) in [5.74, 6) is 1.09. The highest BCUT2D eigenvalue weighted by Crippen LogP contribution is 2.18. The predicted octanol–water partition coefficient (Wildman–Crippen LogP) is 2.86. The molecule has 0 spiro atoms. The summed E-state index contributed by atoms with van der Waals surface area (Å²) in [7, 11) is 0. The number of aromatic nitrogens is 1. The summed E-state index contributed by atoms with van der Waals surface area (Å²) < 4.78 is 0. The number of halogens is 2. The first-order chi connectivity index (χ1) is 12.3. The van der Waals surface area contributed by atoms with E-state index in [9.17, 15) is 4.79 Å². The second-order valence-electron chi connectivity index (χ2n) is 6.84. The van der Waals surface area contributed by atoms with Crippen molar-refractivity contribution >= 4 is 36.5 Å². The topological polar surface area (TPSA) is 57.3 Å². The maximum absolute atomic E-state index is 12.5. The van der Waals surface area contributed by atoms with Gasteiger partial charge in [-0.1, -0.05) is 30.3 Å². The van der Waals surface area contributed by atoms with E-state index in [4.69, 9.17) is 0 Å². The maximum Gasteiger partial charge on any atom is 0.237 e. The zero-order valence-corrected chi connectivity index (χ0v) is 16.8. The molecule has 0 bridgehead atoms. The van der Waals surface area contributed by atoms with Crippen molar-refractivity contribution in [2.75, 3.05) is 18.0 Å². The summed E-state index contributed by atoms with van der Waals surface area (Å²) in [6.07, 6.45) is 5.11. The maximum atomic E-state index is 12.5. The number of benzene rings is 1. The second-order valence-corrected chi connectivity index (χ2v) is 6.84. The molecule has 4 rings (SSSR count). The van der Waals surface area contributed by atoms with E-state index < -0.39 is 0 Å². The summed E-state index contributed by atoms with van der Waals surface area (Å²) in [5.41, 5.74) is 3.58. The van der Waals surface area contributed by atoms with Gasteiger partial charge >= 0.3 is 0 Å². The van der Waals surface area contributed by atoms with Crippen LogP contribution in [0, 0.1) is 0 Å². The summed E-state index contributed by atoms with van der Waals surface area (Å²) in [5, 5.41) is 6.36. The second kappa shape index (κ2) is 9.93. The van der Waals surface area contributed by atoms with Crippen LogP contribution in [0.25, 0.3) is 0 Å². The molecule has 2 aromatic rings. The number of rotatable bonds is 4. The van der Waals surface area contributed by atoms with Crippen molar-refractivity contribution in [3.05, 3.63) is 59.3 Å². The molecule has 1 atom stereocenters. The molecule has 0 aliphatic carbocycles. The molecule has 146 valence electrons. The normalized spacial score (nSPS) is 18.1. The molecule has 27 heavy (non-hydrogen) atoms. The van der Waals surface area contributed by atoms with Gasteiger partial charge in [-0.2, -0.15) is 0 Å². The van der Waals surface area contributed by atoms with Gasteiger partial charge in [-0.15, -0.1) is 24.8 Å². The fraction of sp³-hybridized carbons (Fsp3) is 0.400. The van der Waals surface area contributed by atoms with E-state index in [2.05, 4.69) is 44.8 Å². The average Bonchev–Trinajstić information content (AvgIpc) is 3.21.